The lowest BCUT2D eigenvalue weighted by atomic mass is 10.1. The molecule has 2 aromatic rings. The van der Waals surface area contributed by atoms with Crippen LogP contribution in [-0.4, -0.2) is 13.7 Å². The quantitative estimate of drug-likeness (QED) is 0.884. The van der Waals surface area contributed by atoms with Crippen molar-refractivity contribution in [3.63, 3.8) is 0 Å². The Balaban J connectivity index is 2.13. The lowest BCUT2D eigenvalue weighted by molar-refractivity contribution is 0.296. The van der Waals surface area contributed by atoms with E-state index in [2.05, 4.69) is 6.07 Å². The number of hydrogen-bond acceptors (Lipinski definition) is 3. The van der Waals surface area contributed by atoms with Gasteiger partial charge in [0.25, 0.3) is 0 Å². The first-order valence-electron chi connectivity index (χ1n) is 6.89. The molecule has 3 nitrogen and oxygen atoms in total. The maximum absolute atomic E-state index is 6.01. The predicted octanol–water partition coefficient (Wildman–Crippen LogP) is 3.74. The standard InChI is InChI=1S/C17H20ClNO2/c1-12-9-15(4-5-16(12)18)21-11-14-10-13(7-8-19)3-6-17(14)20-2/h3-6,9-10H,7-8,11,19H2,1-2H3. The molecule has 112 valence electrons. The molecule has 2 aromatic carbocycles. The van der Waals surface area contributed by atoms with Gasteiger partial charge >= 0.3 is 0 Å². The van der Waals surface area contributed by atoms with Gasteiger partial charge in [0.1, 0.15) is 18.1 Å². The summed E-state index contributed by atoms with van der Waals surface area (Å²) < 4.78 is 11.2. The largest absolute Gasteiger partial charge is 0.496 e. The van der Waals surface area contributed by atoms with Crippen molar-refractivity contribution in [3.8, 4) is 11.5 Å². The van der Waals surface area contributed by atoms with Crippen LogP contribution in [0.1, 0.15) is 16.7 Å². The molecule has 0 saturated heterocycles. The fourth-order valence-corrected chi connectivity index (χ4v) is 2.25. The molecule has 2 rings (SSSR count). The first-order valence-corrected chi connectivity index (χ1v) is 7.26. The van der Waals surface area contributed by atoms with Crippen LogP contribution in [0.2, 0.25) is 5.02 Å². The lowest BCUT2D eigenvalue weighted by Gasteiger charge is -2.12. The van der Waals surface area contributed by atoms with E-state index >= 15 is 0 Å². The van der Waals surface area contributed by atoms with Crippen molar-refractivity contribution in [2.45, 2.75) is 20.0 Å². The molecule has 0 unspecified atom stereocenters. The molecule has 0 aliphatic heterocycles. The lowest BCUT2D eigenvalue weighted by Crippen LogP contribution is -2.05. The number of methoxy groups -OCH3 is 1. The number of aryl methyl sites for hydroxylation is 1. The molecule has 0 heterocycles. The summed E-state index contributed by atoms with van der Waals surface area (Å²) in [5, 5.41) is 0.741. The Morgan fingerprint density at radius 2 is 1.95 bits per heavy atom. The second-order valence-corrected chi connectivity index (χ2v) is 5.29. The minimum absolute atomic E-state index is 0.447. The maximum Gasteiger partial charge on any atom is 0.125 e. The highest BCUT2D eigenvalue weighted by molar-refractivity contribution is 6.31. The summed E-state index contributed by atoms with van der Waals surface area (Å²) in [7, 11) is 1.66. The third-order valence-electron chi connectivity index (χ3n) is 3.30. The number of halogens is 1. The van der Waals surface area contributed by atoms with Crippen molar-refractivity contribution >= 4 is 11.6 Å². The molecular weight excluding hydrogens is 286 g/mol. The Kier molecular flexibility index (Phi) is 5.48. The topological polar surface area (TPSA) is 44.5 Å². The molecule has 0 atom stereocenters. The summed E-state index contributed by atoms with van der Waals surface area (Å²) in [6, 6.07) is 11.7. The molecule has 0 aliphatic rings. The smallest absolute Gasteiger partial charge is 0.125 e. The van der Waals surface area contributed by atoms with E-state index in [0.717, 1.165) is 34.1 Å². The van der Waals surface area contributed by atoms with Crippen molar-refractivity contribution in [1.29, 1.82) is 0 Å². The van der Waals surface area contributed by atoms with Gasteiger partial charge in [0.05, 0.1) is 7.11 Å². The van der Waals surface area contributed by atoms with E-state index in [1.165, 1.54) is 5.56 Å². The van der Waals surface area contributed by atoms with Crippen LogP contribution >= 0.6 is 11.6 Å². The zero-order valence-electron chi connectivity index (χ0n) is 12.4. The van der Waals surface area contributed by atoms with E-state index < -0.39 is 0 Å². The zero-order chi connectivity index (χ0) is 15.2. The van der Waals surface area contributed by atoms with E-state index in [4.69, 9.17) is 26.8 Å². The van der Waals surface area contributed by atoms with Crippen LogP contribution in [-0.2, 0) is 13.0 Å². The normalized spacial score (nSPS) is 10.5. The summed E-state index contributed by atoms with van der Waals surface area (Å²) in [6.07, 6.45) is 0.844. The summed E-state index contributed by atoms with van der Waals surface area (Å²) >= 11 is 6.01. The average molecular weight is 306 g/mol. The van der Waals surface area contributed by atoms with Crippen molar-refractivity contribution in [2.75, 3.05) is 13.7 Å². The van der Waals surface area contributed by atoms with Gasteiger partial charge < -0.3 is 15.2 Å². The molecule has 0 amide bonds. The van der Waals surface area contributed by atoms with Crippen LogP contribution in [0.3, 0.4) is 0 Å². The summed E-state index contributed by atoms with van der Waals surface area (Å²) in [4.78, 5) is 0. The summed E-state index contributed by atoms with van der Waals surface area (Å²) in [5.74, 6) is 1.62. The minimum Gasteiger partial charge on any atom is -0.496 e. The molecule has 0 saturated carbocycles. The van der Waals surface area contributed by atoms with Gasteiger partial charge in [-0.15, -0.1) is 0 Å². The molecular formula is C17H20ClNO2. The Morgan fingerprint density at radius 1 is 1.14 bits per heavy atom. The summed E-state index contributed by atoms with van der Waals surface area (Å²) in [6.45, 7) is 3.03. The molecule has 0 bridgehead atoms. The number of benzene rings is 2. The van der Waals surface area contributed by atoms with Crippen LogP contribution in [0.5, 0.6) is 11.5 Å². The minimum atomic E-state index is 0.447. The van der Waals surface area contributed by atoms with Crippen LogP contribution in [0, 0.1) is 6.92 Å². The van der Waals surface area contributed by atoms with Gasteiger partial charge in [-0.2, -0.15) is 0 Å². The van der Waals surface area contributed by atoms with Crippen molar-refractivity contribution in [2.24, 2.45) is 5.73 Å². The summed E-state index contributed by atoms with van der Waals surface area (Å²) in [5.41, 5.74) is 8.79. The van der Waals surface area contributed by atoms with E-state index in [9.17, 15) is 0 Å². The molecule has 0 aliphatic carbocycles. The van der Waals surface area contributed by atoms with Crippen molar-refractivity contribution < 1.29 is 9.47 Å². The second kappa shape index (κ2) is 7.34. The third-order valence-corrected chi connectivity index (χ3v) is 3.73. The fraction of sp³-hybridized carbons (Fsp3) is 0.294. The Hall–Kier alpha value is -1.71. The average Bonchev–Trinajstić information content (AvgIpc) is 2.49. The van der Waals surface area contributed by atoms with Crippen molar-refractivity contribution in [1.82, 2.24) is 0 Å². The molecule has 2 N–H and O–H groups in total. The highest BCUT2D eigenvalue weighted by atomic mass is 35.5. The predicted molar refractivity (Wildman–Crippen MR) is 86.3 cm³/mol. The van der Waals surface area contributed by atoms with E-state index in [-0.39, 0.29) is 0 Å². The Morgan fingerprint density at radius 3 is 2.62 bits per heavy atom. The molecule has 4 heteroatoms. The molecule has 0 fully saturated rings. The van der Waals surface area contributed by atoms with Gasteiger partial charge in [-0.05, 0) is 61.3 Å². The van der Waals surface area contributed by atoms with Crippen LogP contribution < -0.4 is 15.2 Å². The van der Waals surface area contributed by atoms with Gasteiger partial charge in [0, 0.05) is 10.6 Å². The van der Waals surface area contributed by atoms with E-state index in [1.807, 2.05) is 37.3 Å². The number of rotatable bonds is 6. The third kappa shape index (κ3) is 4.13. The first-order chi connectivity index (χ1) is 10.1. The highest BCUT2D eigenvalue weighted by Crippen LogP contribution is 2.25. The van der Waals surface area contributed by atoms with E-state index in [0.29, 0.717) is 13.2 Å². The maximum atomic E-state index is 6.01. The number of hydrogen-bond donors (Lipinski definition) is 1. The second-order valence-electron chi connectivity index (χ2n) is 4.88. The van der Waals surface area contributed by atoms with Gasteiger partial charge in [-0.25, -0.2) is 0 Å². The fourth-order valence-electron chi connectivity index (χ4n) is 2.13. The van der Waals surface area contributed by atoms with Crippen LogP contribution in [0.15, 0.2) is 36.4 Å². The number of ether oxygens (including phenoxy) is 2. The van der Waals surface area contributed by atoms with Gasteiger partial charge in [-0.3, -0.25) is 0 Å². The highest BCUT2D eigenvalue weighted by Gasteiger charge is 2.06. The molecule has 0 spiro atoms. The van der Waals surface area contributed by atoms with Gasteiger partial charge in [-0.1, -0.05) is 17.7 Å². The Labute approximate surface area is 130 Å². The zero-order valence-corrected chi connectivity index (χ0v) is 13.1. The van der Waals surface area contributed by atoms with Gasteiger partial charge in [0.2, 0.25) is 0 Å². The number of nitrogens with two attached hydrogens (primary N) is 1. The molecule has 0 aromatic heterocycles. The SMILES string of the molecule is COc1ccc(CCN)cc1COc1ccc(Cl)c(C)c1. The van der Waals surface area contributed by atoms with E-state index in [1.54, 1.807) is 7.11 Å². The van der Waals surface area contributed by atoms with Crippen LogP contribution in [0.4, 0.5) is 0 Å². The Bertz CT molecular complexity index is 614. The monoisotopic (exact) mass is 305 g/mol. The first kappa shape index (κ1) is 15.7. The molecule has 21 heavy (non-hydrogen) atoms. The van der Waals surface area contributed by atoms with Gasteiger partial charge in [0.15, 0.2) is 0 Å². The molecule has 0 radical (unpaired) electrons. The van der Waals surface area contributed by atoms with Crippen molar-refractivity contribution in [3.05, 3.63) is 58.1 Å². The van der Waals surface area contributed by atoms with Crippen LogP contribution in [0.25, 0.3) is 0 Å².